The molecule has 0 heterocycles. The third-order valence-electron chi connectivity index (χ3n) is 3.49. The molecule has 2 aromatic rings. The molecular formula is C17H21ClN2O3. The van der Waals surface area contributed by atoms with Crippen molar-refractivity contribution in [3.05, 3.63) is 42.5 Å². The number of anilines is 1. The van der Waals surface area contributed by atoms with Gasteiger partial charge in [-0.05, 0) is 18.5 Å². The van der Waals surface area contributed by atoms with E-state index in [1.807, 2.05) is 54.4 Å². The third kappa shape index (κ3) is 5.88. The van der Waals surface area contributed by atoms with Gasteiger partial charge in [0.05, 0.1) is 6.42 Å². The lowest BCUT2D eigenvalue weighted by Gasteiger charge is -2.15. The lowest BCUT2D eigenvalue weighted by Crippen LogP contribution is -2.26. The number of rotatable bonds is 7. The number of nitrogens with one attached hydrogen (secondary N) is 1. The van der Waals surface area contributed by atoms with Crippen LogP contribution in [0.25, 0.3) is 10.8 Å². The number of nitrogens with zero attached hydrogens (tertiary/aromatic N) is 1. The van der Waals surface area contributed by atoms with Gasteiger partial charge in [0, 0.05) is 30.6 Å². The number of carboxylic acid groups (broad SMARTS) is 1. The minimum Gasteiger partial charge on any atom is -0.481 e. The van der Waals surface area contributed by atoms with E-state index in [1.54, 1.807) is 0 Å². The summed E-state index contributed by atoms with van der Waals surface area (Å²) >= 11 is 0. The van der Waals surface area contributed by atoms with Crippen LogP contribution >= 0.6 is 12.4 Å². The fraction of sp³-hybridized carbons (Fsp3) is 0.294. The molecule has 0 spiro atoms. The second kappa shape index (κ2) is 9.12. The Morgan fingerprint density at radius 1 is 1.04 bits per heavy atom. The van der Waals surface area contributed by atoms with Crippen molar-refractivity contribution in [3.63, 3.8) is 0 Å². The Morgan fingerprint density at radius 2 is 1.70 bits per heavy atom. The zero-order chi connectivity index (χ0) is 15.9. The molecule has 0 aliphatic heterocycles. The number of carbonyl (C=O) groups is 2. The topological polar surface area (TPSA) is 69.6 Å². The van der Waals surface area contributed by atoms with Crippen LogP contribution in [0.1, 0.15) is 12.8 Å². The predicted molar refractivity (Wildman–Crippen MR) is 94.2 cm³/mol. The van der Waals surface area contributed by atoms with Gasteiger partial charge in [-0.15, -0.1) is 12.4 Å². The first-order valence-electron chi connectivity index (χ1n) is 7.24. The Bertz CT molecular complexity index is 670. The molecule has 0 aliphatic carbocycles. The van der Waals surface area contributed by atoms with Gasteiger partial charge in [0.15, 0.2) is 0 Å². The number of carboxylic acids is 1. The predicted octanol–water partition coefficient (Wildman–Crippen LogP) is 3.00. The zero-order valence-electron chi connectivity index (χ0n) is 13.0. The highest BCUT2D eigenvalue weighted by Gasteiger charge is 2.08. The third-order valence-corrected chi connectivity index (χ3v) is 3.49. The summed E-state index contributed by atoms with van der Waals surface area (Å²) in [6.45, 7) is 0.973. The second-order valence-corrected chi connectivity index (χ2v) is 5.27. The number of benzene rings is 2. The van der Waals surface area contributed by atoms with Crippen molar-refractivity contribution < 1.29 is 14.7 Å². The summed E-state index contributed by atoms with van der Waals surface area (Å²) in [5.41, 5.74) is 0.802. The molecule has 5 nitrogen and oxygen atoms in total. The molecule has 1 amide bonds. The van der Waals surface area contributed by atoms with Crippen molar-refractivity contribution in [3.8, 4) is 0 Å². The number of amides is 1. The first-order chi connectivity index (χ1) is 10.6. The van der Waals surface area contributed by atoms with Crippen LogP contribution < -0.4 is 5.32 Å². The summed E-state index contributed by atoms with van der Waals surface area (Å²) in [5.74, 6) is -0.898. The average molecular weight is 337 g/mol. The van der Waals surface area contributed by atoms with Crippen LogP contribution in [0.3, 0.4) is 0 Å². The SMILES string of the molecule is CN(CCC(=O)O)CCC(=O)Nc1cccc2ccccc12.Cl. The van der Waals surface area contributed by atoms with Gasteiger partial charge in [0.25, 0.3) is 0 Å². The van der Waals surface area contributed by atoms with Gasteiger partial charge in [0.1, 0.15) is 0 Å². The smallest absolute Gasteiger partial charge is 0.304 e. The highest BCUT2D eigenvalue weighted by Crippen LogP contribution is 2.22. The Hall–Kier alpha value is -2.11. The fourth-order valence-corrected chi connectivity index (χ4v) is 2.24. The van der Waals surface area contributed by atoms with Gasteiger partial charge in [-0.25, -0.2) is 0 Å². The molecule has 23 heavy (non-hydrogen) atoms. The van der Waals surface area contributed by atoms with Crippen molar-refractivity contribution in [1.29, 1.82) is 0 Å². The molecule has 0 bridgehead atoms. The summed E-state index contributed by atoms with van der Waals surface area (Å²) in [7, 11) is 1.81. The maximum absolute atomic E-state index is 12.0. The van der Waals surface area contributed by atoms with Gasteiger partial charge in [-0.3, -0.25) is 9.59 Å². The molecule has 124 valence electrons. The van der Waals surface area contributed by atoms with Gasteiger partial charge in [0.2, 0.25) is 5.91 Å². The van der Waals surface area contributed by atoms with E-state index in [2.05, 4.69) is 5.32 Å². The van der Waals surface area contributed by atoms with E-state index >= 15 is 0 Å². The molecule has 2 N–H and O–H groups in total. The molecule has 0 atom stereocenters. The van der Waals surface area contributed by atoms with Gasteiger partial charge in [-0.2, -0.15) is 0 Å². The van der Waals surface area contributed by atoms with Gasteiger partial charge < -0.3 is 15.3 Å². The van der Waals surface area contributed by atoms with Crippen LogP contribution in [0.5, 0.6) is 0 Å². The van der Waals surface area contributed by atoms with E-state index in [-0.39, 0.29) is 24.7 Å². The van der Waals surface area contributed by atoms with Crippen molar-refractivity contribution in [1.82, 2.24) is 4.90 Å². The number of hydrogen-bond donors (Lipinski definition) is 2. The van der Waals surface area contributed by atoms with E-state index in [0.717, 1.165) is 16.5 Å². The summed E-state index contributed by atoms with van der Waals surface area (Å²) in [5, 5.41) is 13.6. The standard InChI is InChI=1S/C17H20N2O3.ClH/c1-19(12-10-17(21)22)11-9-16(20)18-15-8-4-6-13-5-2-3-7-14(13)15;/h2-8H,9-12H2,1H3,(H,18,20)(H,21,22);1H. The normalized spacial score (nSPS) is 10.3. The Balaban J connectivity index is 0.00000264. The highest BCUT2D eigenvalue weighted by molar-refractivity contribution is 6.02. The molecule has 2 aromatic carbocycles. The van der Waals surface area contributed by atoms with E-state index in [4.69, 9.17) is 5.11 Å². The molecule has 0 saturated carbocycles. The van der Waals surface area contributed by atoms with Crippen LogP contribution in [0.2, 0.25) is 0 Å². The van der Waals surface area contributed by atoms with Crippen LogP contribution in [0.15, 0.2) is 42.5 Å². The van der Waals surface area contributed by atoms with Crippen molar-refractivity contribution in [2.45, 2.75) is 12.8 Å². The quantitative estimate of drug-likeness (QED) is 0.815. The molecule has 0 saturated heterocycles. The first kappa shape index (κ1) is 18.9. The Morgan fingerprint density at radius 3 is 2.43 bits per heavy atom. The number of fused-ring (bicyclic) bond motifs is 1. The molecular weight excluding hydrogens is 316 g/mol. The summed E-state index contributed by atoms with van der Waals surface area (Å²) < 4.78 is 0. The maximum atomic E-state index is 12.0. The van der Waals surface area contributed by atoms with Gasteiger partial charge >= 0.3 is 5.97 Å². The zero-order valence-corrected chi connectivity index (χ0v) is 13.8. The van der Waals surface area contributed by atoms with Crippen LogP contribution in [0.4, 0.5) is 5.69 Å². The van der Waals surface area contributed by atoms with Crippen molar-refractivity contribution in [2.24, 2.45) is 0 Å². The summed E-state index contributed by atoms with van der Waals surface area (Å²) in [4.78, 5) is 24.4. The molecule has 0 unspecified atom stereocenters. The lowest BCUT2D eigenvalue weighted by atomic mass is 10.1. The van der Waals surface area contributed by atoms with Crippen LogP contribution in [0, 0.1) is 0 Å². The van der Waals surface area contributed by atoms with E-state index in [1.165, 1.54) is 0 Å². The van der Waals surface area contributed by atoms with Crippen LogP contribution in [-0.4, -0.2) is 42.0 Å². The molecule has 6 heteroatoms. The minimum absolute atomic E-state index is 0. The number of halogens is 1. The number of hydrogen-bond acceptors (Lipinski definition) is 3. The van der Waals surface area contributed by atoms with E-state index < -0.39 is 5.97 Å². The largest absolute Gasteiger partial charge is 0.481 e. The van der Waals surface area contributed by atoms with E-state index in [9.17, 15) is 9.59 Å². The monoisotopic (exact) mass is 336 g/mol. The molecule has 0 radical (unpaired) electrons. The summed E-state index contributed by atoms with van der Waals surface area (Å²) in [6.07, 6.45) is 0.417. The number of aliphatic carboxylic acids is 1. The average Bonchev–Trinajstić information content (AvgIpc) is 2.51. The molecule has 0 aliphatic rings. The molecule has 0 fully saturated rings. The summed E-state index contributed by atoms with van der Waals surface area (Å²) in [6, 6.07) is 13.7. The van der Waals surface area contributed by atoms with Crippen molar-refractivity contribution in [2.75, 3.05) is 25.5 Å². The maximum Gasteiger partial charge on any atom is 0.304 e. The highest BCUT2D eigenvalue weighted by atomic mass is 35.5. The lowest BCUT2D eigenvalue weighted by molar-refractivity contribution is -0.137. The molecule has 2 rings (SSSR count). The van der Waals surface area contributed by atoms with E-state index in [0.29, 0.717) is 19.5 Å². The fourth-order valence-electron chi connectivity index (χ4n) is 2.24. The molecule has 0 aromatic heterocycles. The van der Waals surface area contributed by atoms with Gasteiger partial charge in [-0.1, -0.05) is 36.4 Å². The Kier molecular flexibility index (Phi) is 7.51. The number of carbonyl (C=O) groups excluding carboxylic acids is 1. The first-order valence-corrected chi connectivity index (χ1v) is 7.24. The van der Waals surface area contributed by atoms with Crippen molar-refractivity contribution >= 4 is 40.7 Å². The van der Waals surface area contributed by atoms with Crippen LogP contribution in [-0.2, 0) is 9.59 Å². The second-order valence-electron chi connectivity index (χ2n) is 5.27. The minimum atomic E-state index is -0.827. The Labute approximate surface area is 141 Å².